The highest BCUT2D eigenvalue weighted by molar-refractivity contribution is 6.19. The molecule has 7 heteroatoms. The first kappa shape index (κ1) is 23.0. The maximum Gasteiger partial charge on any atom is 0.242 e. The second-order valence-corrected chi connectivity index (χ2v) is 9.43. The van der Waals surface area contributed by atoms with Crippen molar-refractivity contribution in [3.8, 4) is 0 Å². The van der Waals surface area contributed by atoms with Crippen molar-refractivity contribution in [1.82, 2.24) is 5.32 Å². The molecule has 7 nitrogen and oxygen atoms in total. The summed E-state index contributed by atoms with van der Waals surface area (Å²) in [6.45, 7) is 8.49. The first-order valence-corrected chi connectivity index (χ1v) is 11.5. The van der Waals surface area contributed by atoms with E-state index in [0.717, 1.165) is 34.6 Å². The minimum atomic E-state index is -1.11. The van der Waals surface area contributed by atoms with Crippen LogP contribution in [-0.4, -0.2) is 31.3 Å². The Bertz CT molecular complexity index is 1120. The highest BCUT2D eigenvalue weighted by atomic mass is 16.2. The maximum absolute atomic E-state index is 13.0. The van der Waals surface area contributed by atoms with E-state index in [1.807, 2.05) is 31.2 Å². The lowest BCUT2D eigenvalue weighted by atomic mass is 9.90. The third-order valence-corrected chi connectivity index (χ3v) is 6.77. The summed E-state index contributed by atoms with van der Waals surface area (Å²) in [5, 5.41) is 6.50. The van der Waals surface area contributed by atoms with Gasteiger partial charge in [0, 0.05) is 38.3 Å². The van der Waals surface area contributed by atoms with Crippen LogP contribution in [0.1, 0.15) is 56.8 Å². The number of nitrogens with zero attached hydrogens (tertiary/aromatic N) is 2. The molecule has 2 aliphatic rings. The van der Waals surface area contributed by atoms with Gasteiger partial charge in [-0.25, -0.2) is 0 Å². The predicted molar refractivity (Wildman–Crippen MR) is 130 cm³/mol. The van der Waals surface area contributed by atoms with Gasteiger partial charge in [0.25, 0.3) is 0 Å². The number of hydrogen-bond donors (Lipinski definition) is 2. The molecule has 0 saturated carbocycles. The van der Waals surface area contributed by atoms with Gasteiger partial charge in [-0.2, -0.15) is 0 Å². The van der Waals surface area contributed by atoms with E-state index in [4.69, 9.17) is 0 Å². The number of benzene rings is 2. The standard InChI is InChI=1S/C26H32N4O3/c1-6-30-21-11-7-17(13-22(21)29(5)24(32)26(3,4)25(30)33)15-27-16(2)19-9-8-18-10-12-23(31)28-20(18)14-19/h7-9,11,13-14,16,27H,6,10,12,15H2,1-5H3,(H,28,31). The lowest BCUT2D eigenvalue weighted by molar-refractivity contribution is -0.137. The molecule has 0 aromatic heterocycles. The number of anilines is 3. The Labute approximate surface area is 195 Å². The van der Waals surface area contributed by atoms with Crippen molar-refractivity contribution in [3.63, 3.8) is 0 Å². The second kappa shape index (κ2) is 8.63. The van der Waals surface area contributed by atoms with Crippen LogP contribution in [0, 0.1) is 5.41 Å². The SMILES string of the molecule is CCN1C(=O)C(C)(C)C(=O)N(C)c2cc(CNC(C)c3ccc4c(c3)NC(=O)CC4)ccc21. The summed E-state index contributed by atoms with van der Waals surface area (Å²) < 4.78 is 0. The van der Waals surface area contributed by atoms with Crippen LogP contribution in [0.2, 0.25) is 0 Å². The average Bonchev–Trinajstić information content (AvgIpc) is 2.85. The largest absolute Gasteiger partial charge is 0.326 e. The number of rotatable bonds is 5. The normalized spacial score (nSPS) is 18.4. The molecule has 1 atom stereocenters. The minimum Gasteiger partial charge on any atom is -0.326 e. The van der Waals surface area contributed by atoms with Crippen molar-refractivity contribution in [2.75, 3.05) is 28.7 Å². The zero-order valence-electron chi connectivity index (χ0n) is 20.0. The van der Waals surface area contributed by atoms with E-state index >= 15 is 0 Å². The number of aryl methyl sites for hydroxylation is 1. The highest BCUT2D eigenvalue weighted by Crippen LogP contribution is 2.38. The molecule has 2 heterocycles. The van der Waals surface area contributed by atoms with Crippen LogP contribution in [0.25, 0.3) is 0 Å². The van der Waals surface area contributed by atoms with Gasteiger partial charge in [0.2, 0.25) is 17.7 Å². The Hall–Kier alpha value is -3.19. The Morgan fingerprint density at radius 2 is 1.79 bits per heavy atom. The van der Waals surface area contributed by atoms with Crippen molar-refractivity contribution >= 4 is 34.8 Å². The van der Waals surface area contributed by atoms with Crippen molar-refractivity contribution in [1.29, 1.82) is 0 Å². The molecular weight excluding hydrogens is 416 g/mol. The molecule has 0 saturated heterocycles. The molecule has 2 aromatic rings. The minimum absolute atomic E-state index is 0.0617. The molecule has 2 aromatic carbocycles. The van der Waals surface area contributed by atoms with Crippen molar-refractivity contribution in [3.05, 3.63) is 53.1 Å². The molecular formula is C26H32N4O3. The van der Waals surface area contributed by atoms with E-state index in [0.29, 0.717) is 19.5 Å². The third-order valence-electron chi connectivity index (χ3n) is 6.77. The van der Waals surface area contributed by atoms with E-state index in [-0.39, 0.29) is 23.8 Å². The first-order chi connectivity index (χ1) is 15.6. The molecule has 174 valence electrons. The number of nitrogens with one attached hydrogen (secondary N) is 2. The van der Waals surface area contributed by atoms with E-state index in [1.54, 1.807) is 30.7 Å². The molecule has 2 aliphatic heterocycles. The summed E-state index contributed by atoms with van der Waals surface area (Å²) in [4.78, 5) is 41.1. The highest BCUT2D eigenvalue weighted by Gasteiger charge is 2.45. The monoisotopic (exact) mass is 448 g/mol. The van der Waals surface area contributed by atoms with Crippen LogP contribution in [0.4, 0.5) is 17.1 Å². The summed E-state index contributed by atoms with van der Waals surface area (Å²) in [6.07, 6.45) is 1.31. The van der Waals surface area contributed by atoms with Crippen LogP contribution in [-0.2, 0) is 27.3 Å². The fraction of sp³-hybridized carbons (Fsp3) is 0.423. The van der Waals surface area contributed by atoms with Crippen molar-refractivity contribution in [2.45, 2.75) is 53.1 Å². The van der Waals surface area contributed by atoms with E-state index in [9.17, 15) is 14.4 Å². The number of fused-ring (bicyclic) bond motifs is 2. The van der Waals surface area contributed by atoms with Gasteiger partial charge in [0.05, 0.1) is 11.4 Å². The van der Waals surface area contributed by atoms with Gasteiger partial charge in [0.15, 0.2) is 0 Å². The van der Waals surface area contributed by atoms with Gasteiger partial charge >= 0.3 is 0 Å². The first-order valence-electron chi connectivity index (χ1n) is 11.5. The molecule has 0 aliphatic carbocycles. The zero-order valence-corrected chi connectivity index (χ0v) is 20.0. The number of hydrogen-bond acceptors (Lipinski definition) is 4. The Morgan fingerprint density at radius 1 is 1.03 bits per heavy atom. The maximum atomic E-state index is 13.0. The predicted octanol–water partition coefficient (Wildman–Crippen LogP) is 3.78. The number of carbonyl (C=O) groups is 3. The Balaban J connectivity index is 1.55. The summed E-state index contributed by atoms with van der Waals surface area (Å²) >= 11 is 0. The van der Waals surface area contributed by atoms with Crippen LogP contribution < -0.4 is 20.4 Å². The Kier molecular flexibility index (Phi) is 6.01. The quantitative estimate of drug-likeness (QED) is 0.682. The second-order valence-electron chi connectivity index (χ2n) is 9.43. The number of amides is 3. The summed E-state index contributed by atoms with van der Waals surface area (Å²) in [5.41, 5.74) is 4.57. The topological polar surface area (TPSA) is 81.8 Å². The molecule has 4 rings (SSSR count). The molecule has 2 N–H and O–H groups in total. The molecule has 0 fully saturated rings. The van der Waals surface area contributed by atoms with Gasteiger partial charge in [0.1, 0.15) is 5.41 Å². The molecule has 3 amide bonds. The van der Waals surface area contributed by atoms with Crippen LogP contribution in [0.15, 0.2) is 36.4 Å². The van der Waals surface area contributed by atoms with Crippen LogP contribution in [0.5, 0.6) is 0 Å². The summed E-state index contributed by atoms with van der Waals surface area (Å²) in [7, 11) is 1.73. The summed E-state index contributed by atoms with van der Waals surface area (Å²) in [6, 6.07) is 12.2. The fourth-order valence-electron chi connectivity index (χ4n) is 4.60. The third kappa shape index (κ3) is 4.13. The van der Waals surface area contributed by atoms with Gasteiger partial charge < -0.3 is 20.4 Å². The smallest absolute Gasteiger partial charge is 0.242 e. The Morgan fingerprint density at radius 3 is 2.52 bits per heavy atom. The fourth-order valence-corrected chi connectivity index (χ4v) is 4.60. The molecule has 1 unspecified atom stereocenters. The average molecular weight is 449 g/mol. The molecule has 0 spiro atoms. The van der Waals surface area contributed by atoms with Crippen LogP contribution >= 0.6 is 0 Å². The van der Waals surface area contributed by atoms with Gasteiger partial charge in [-0.3, -0.25) is 14.4 Å². The van der Waals surface area contributed by atoms with Gasteiger partial charge in [-0.15, -0.1) is 0 Å². The lowest BCUT2D eigenvalue weighted by Gasteiger charge is -2.27. The number of carbonyl (C=O) groups excluding carboxylic acids is 3. The van der Waals surface area contributed by atoms with E-state index < -0.39 is 5.41 Å². The van der Waals surface area contributed by atoms with Crippen molar-refractivity contribution in [2.24, 2.45) is 5.41 Å². The zero-order chi connectivity index (χ0) is 23.9. The van der Waals surface area contributed by atoms with E-state index in [1.165, 1.54) is 5.56 Å². The molecule has 0 bridgehead atoms. The van der Waals surface area contributed by atoms with Crippen molar-refractivity contribution < 1.29 is 14.4 Å². The van der Waals surface area contributed by atoms with E-state index in [2.05, 4.69) is 29.7 Å². The van der Waals surface area contributed by atoms with Gasteiger partial charge in [-0.1, -0.05) is 18.2 Å². The lowest BCUT2D eigenvalue weighted by Crippen LogP contribution is -2.47. The summed E-state index contributed by atoms with van der Waals surface area (Å²) in [5.74, 6) is -0.328. The van der Waals surface area contributed by atoms with Crippen LogP contribution in [0.3, 0.4) is 0 Å². The molecule has 33 heavy (non-hydrogen) atoms. The van der Waals surface area contributed by atoms with Gasteiger partial charge in [-0.05, 0) is 69.0 Å². The molecule has 0 radical (unpaired) electrons.